The predicted molar refractivity (Wildman–Crippen MR) is 77.3 cm³/mol. The number of nitrogens with two attached hydrogens (primary N) is 1. The average molecular weight is 291 g/mol. The number of benzene rings is 1. The number of nitrogens with zero attached hydrogens (tertiary/aromatic N) is 1. The van der Waals surface area contributed by atoms with E-state index < -0.39 is 10.0 Å². The third-order valence-corrected chi connectivity index (χ3v) is 4.39. The maximum atomic E-state index is 12.2. The molecule has 3 N–H and O–H groups in total. The fraction of sp³-hybridized carbons (Fsp3) is 0.214. The number of pyridine rings is 1. The normalized spacial score (nSPS) is 11.5. The van der Waals surface area contributed by atoms with Gasteiger partial charge in [0.15, 0.2) is 0 Å². The van der Waals surface area contributed by atoms with E-state index >= 15 is 0 Å². The molecule has 0 aliphatic rings. The quantitative estimate of drug-likeness (QED) is 0.870. The van der Waals surface area contributed by atoms with Crippen molar-refractivity contribution in [3.05, 3.63) is 59.4 Å². The maximum absolute atomic E-state index is 12.2. The monoisotopic (exact) mass is 291 g/mol. The summed E-state index contributed by atoms with van der Waals surface area (Å²) in [5.41, 5.74) is 7.97. The summed E-state index contributed by atoms with van der Waals surface area (Å²) < 4.78 is 27.0. The highest BCUT2D eigenvalue weighted by molar-refractivity contribution is 7.89. The second-order valence-electron chi connectivity index (χ2n) is 4.44. The van der Waals surface area contributed by atoms with Crippen molar-refractivity contribution in [1.29, 1.82) is 0 Å². The molecule has 0 fully saturated rings. The second kappa shape index (κ2) is 6.13. The topological polar surface area (TPSA) is 85.1 Å². The van der Waals surface area contributed by atoms with Gasteiger partial charge in [-0.25, -0.2) is 13.1 Å². The zero-order chi connectivity index (χ0) is 14.6. The molecule has 0 spiro atoms. The zero-order valence-electron chi connectivity index (χ0n) is 11.2. The van der Waals surface area contributed by atoms with Gasteiger partial charge in [0.1, 0.15) is 0 Å². The van der Waals surface area contributed by atoms with Gasteiger partial charge in [0, 0.05) is 12.7 Å². The smallest absolute Gasteiger partial charge is 0.240 e. The summed E-state index contributed by atoms with van der Waals surface area (Å²) in [6, 6.07) is 10.3. The lowest BCUT2D eigenvalue weighted by atomic mass is 10.2. The Morgan fingerprint density at radius 1 is 1.25 bits per heavy atom. The van der Waals surface area contributed by atoms with E-state index in [9.17, 15) is 8.42 Å². The summed E-state index contributed by atoms with van der Waals surface area (Å²) in [5.74, 6) is 0. The van der Waals surface area contributed by atoms with Crippen molar-refractivity contribution in [3.63, 3.8) is 0 Å². The van der Waals surface area contributed by atoms with Gasteiger partial charge < -0.3 is 5.73 Å². The SMILES string of the molecule is Cc1cccnc1CNS(=O)(=O)c1cccc(CN)c1. The van der Waals surface area contributed by atoms with Crippen LogP contribution in [-0.2, 0) is 23.1 Å². The number of rotatable bonds is 5. The molecule has 0 radical (unpaired) electrons. The maximum Gasteiger partial charge on any atom is 0.240 e. The van der Waals surface area contributed by atoms with Crippen molar-refractivity contribution in [1.82, 2.24) is 9.71 Å². The molecule has 0 atom stereocenters. The Bertz CT molecular complexity index is 699. The largest absolute Gasteiger partial charge is 0.326 e. The molecule has 0 bridgehead atoms. The Balaban J connectivity index is 2.17. The minimum atomic E-state index is -3.55. The average Bonchev–Trinajstić information content (AvgIpc) is 2.46. The standard InChI is InChI=1S/C14H17N3O2S/c1-11-4-3-7-16-14(11)10-17-20(18,19)13-6-2-5-12(8-13)9-15/h2-8,17H,9-10,15H2,1H3. The minimum Gasteiger partial charge on any atom is -0.326 e. The van der Waals surface area contributed by atoms with Crippen molar-refractivity contribution in [3.8, 4) is 0 Å². The fourth-order valence-corrected chi connectivity index (χ4v) is 2.85. The van der Waals surface area contributed by atoms with Crippen LogP contribution in [0.2, 0.25) is 0 Å². The third kappa shape index (κ3) is 3.41. The van der Waals surface area contributed by atoms with E-state index in [2.05, 4.69) is 9.71 Å². The Hall–Kier alpha value is -1.76. The Kier molecular flexibility index (Phi) is 4.49. The van der Waals surface area contributed by atoms with Crippen LogP contribution in [0.3, 0.4) is 0 Å². The summed E-state index contributed by atoms with van der Waals surface area (Å²) in [6.07, 6.45) is 1.64. The molecule has 0 saturated carbocycles. The van der Waals surface area contributed by atoms with Crippen LogP contribution in [0, 0.1) is 6.92 Å². The molecule has 0 amide bonds. The second-order valence-corrected chi connectivity index (χ2v) is 6.21. The predicted octanol–water partition coefficient (Wildman–Crippen LogP) is 1.33. The van der Waals surface area contributed by atoms with Crippen molar-refractivity contribution in [2.45, 2.75) is 24.9 Å². The van der Waals surface area contributed by atoms with Crippen LogP contribution in [0.4, 0.5) is 0 Å². The lowest BCUT2D eigenvalue weighted by Crippen LogP contribution is -2.24. The van der Waals surface area contributed by atoms with Crippen LogP contribution >= 0.6 is 0 Å². The summed E-state index contributed by atoms with van der Waals surface area (Å²) in [7, 11) is -3.55. The lowest BCUT2D eigenvalue weighted by molar-refractivity contribution is 0.580. The summed E-state index contributed by atoms with van der Waals surface area (Å²) in [5, 5.41) is 0. The number of aromatic nitrogens is 1. The van der Waals surface area contributed by atoms with Crippen LogP contribution < -0.4 is 10.5 Å². The minimum absolute atomic E-state index is 0.169. The first-order valence-electron chi connectivity index (χ1n) is 6.22. The summed E-state index contributed by atoms with van der Waals surface area (Å²) in [4.78, 5) is 4.38. The molecule has 2 aromatic rings. The van der Waals surface area contributed by atoms with Crippen molar-refractivity contribution >= 4 is 10.0 Å². The summed E-state index contributed by atoms with van der Waals surface area (Å²) in [6.45, 7) is 2.37. The molecular formula is C14H17N3O2S. The third-order valence-electron chi connectivity index (χ3n) is 2.99. The van der Waals surface area contributed by atoms with Crippen molar-refractivity contribution in [2.75, 3.05) is 0 Å². The molecule has 0 aliphatic carbocycles. The van der Waals surface area contributed by atoms with Gasteiger partial charge in [0.25, 0.3) is 0 Å². The molecule has 0 unspecified atom stereocenters. The Labute approximate surface area is 118 Å². The molecule has 0 saturated heterocycles. The highest BCUT2D eigenvalue weighted by atomic mass is 32.2. The van der Waals surface area contributed by atoms with Gasteiger partial charge in [-0.2, -0.15) is 0 Å². The molecule has 1 aromatic carbocycles. The number of hydrogen-bond acceptors (Lipinski definition) is 4. The fourth-order valence-electron chi connectivity index (χ4n) is 1.79. The molecule has 1 heterocycles. The molecule has 106 valence electrons. The van der Waals surface area contributed by atoms with E-state index in [1.807, 2.05) is 19.1 Å². The van der Waals surface area contributed by atoms with E-state index in [0.29, 0.717) is 12.2 Å². The van der Waals surface area contributed by atoms with Crippen molar-refractivity contribution in [2.24, 2.45) is 5.73 Å². The van der Waals surface area contributed by atoms with Crippen LogP contribution in [-0.4, -0.2) is 13.4 Å². The van der Waals surface area contributed by atoms with Crippen LogP contribution in [0.25, 0.3) is 0 Å². The van der Waals surface area contributed by atoms with Gasteiger partial charge >= 0.3 is 0 Å². The Morgan fingerprint density at radius 3 is 2.75 bits per heavy atom. The number of nitrogens with one attached hydrogen (secondary N) is 1. The van der Waals surface area contributed by atoms with Gasteiger partial charge in [-0.3, -0.25) is 4.98 Å². The first-order chi connectivity index (χ1) is 9.53. The van der Waals surface area contributed by atoms with E-state index in [0.717, 1.165) is 11.1 Å². The first-order valence-corrected chi connectivity index (χ1v) is 7.70. The number of sulfonamides is 1. The van der Waals surface area contributed by atoms with Gasteiger partial charge in [-0.15, -0.1) is 0 Å². The van der Waals surface area contributed by atoms with Gasteiger partial charge in [0.05, 0.1) is 17.1 Å². The van der Waals surface area contributed by atoms with E-state index in [1.54, 1.807) is 30.5 Å². The van der Waals surface area contributed by atoms with E-state index in [-0.39, 0.29) is 11.4 Å². The number of hydrogen-bond donors (Lipinski definition) is 2. The zero-order valence-corrected chi connectivity index (χ0v) is 12.0. The van der Waals surface area contributed by atoms with Crippen LogP contribution in [0.5, 0.6) is 0 Å². The molecule has 1 aromatic heterocycles. The molecule has 20 heavy (non-hydrogen) atoms. The first kappa shape index (κ1) is 14.6. The molecule has 0 aliphatic heterocycles. The van der Waals surface area contributed by atoms with Gasteiger partial charge in [-0.1, -0.05) is 18.2 Å². The summed E-state index contributed by atoms with van der Waals surface area (Å²) >= 11 is 0. The van der Waals surface area contributed by atoms with Gasteiger partial charge in [-0.05, 0) is 36.2 Å². The lowest BCUT2D eigenvalue weighted by Gasteiger charge is -2.09. The highest BCUT2D eigenvalue weighted by Gasteiger charge is 2.14. The van der Waals surface area contributed by atoms with Crippen molar-refractivity contribution < 1.29 is 8.42 Å². The van der Waals surface area contributed by atoms with Crippen LogP contribution in [0.1, 0.15) is 16.8 Å². The van der Waals surface area contributed by atoms with E-state index in [4.69, 9.17) is 5.73 Å². The van der Waals surface area contributed by atoms with Crippen LogP contribution in [0.15, 0.2) is 47.5 Å². The molecule has 2 rings (SSSR count). The highest BCUT2D eigenvalue weighted by Crippen LogP contribution is 2.12. The molecule has 5 nitrogen and oxygen atoms in total. The Morgan fingerprint density at radius 2 is 2.05 bits per heavy atom. The van der Waals surface area contributed by atoms with E-state index in [1.165, 1.54) is 0 Å². The molecule has 6 heteroatoms. The van der Waals surface area contributed by atoms with Gasteiger partial charge in [0.2, 0.25) is 10.0 Å². The number of aryl methyl sites for hydroxylation is 1. The molecular weight excluding hydrogens is 274 g/mol.